The van der Waals surface area contributed by atoms with Crippen molar-refractivity contribution in [2.45, 2.75) is 20.5 Å². The highest BCUT2D eigenvalue weighted by Crippen LogP contribution is 2.18. The van der Waals surface area contributed by atoms with Gasteiger partial charge in [-0.1, -0.05) is 35.5 Å². The van der Waals surface area contributed by atoms with E-state index in [1.165, 1.54) is 0 Å². The van der Waals surface area contributed by atoms with E-state index in [0.29, 0.717) is 5.69 Å². The molecule has 0 radical (unpaired) electrons. The smallest absolute Gasteiger partial charge is 0.278 e. The maximum atomic E-state index is 12.7. The number of hydrogen-bond acceptors (Lipinski definition) is 4. The molecule has 6 heteroatoms. The molecule has 0 aliphatic heterocycles. The fourth-order valence-corrected chi connectivity index (χ4v) is 2.61. The molecule has 0 saturated heterocycles. The third-order valence-electron chi connectivity index (χ3n) is 3.90. The molecule has 0 spiro atoms. The fraction of sp³-hybridized carbons (Fsp3) is 0.211. The van der Waals surface area contributed by atoms with Gasteiger partial charge in [0.25, 0.3) is 5.91 Å². The molecule has 1 aromatic heterocycles. The zero-order valence-electron chi connectivity index (χ0n) is 14.5. The zero-order valence-corrected chi connectivity index (χ0v) is 14.5. The van der Waals surface area contributed by atoms with Crippen LogP contribution in [0, 0.1) is 13.8 Å². The van der Waals surface area contributed by atoms with Crippen molar-refractivity contribution in [1.82, 2.24) is 15.0 Å². The summed E-state index contributed by atoms with van der Waals surface area (Å²) in [7, 11) is 1.58. The Kier molecular flexibility index (Phi) is 4.90. The molecule has 25 heavy (non-hydrogen) atoms. The van der Waals surface area contributed by atoms with E-state index in [0.717, 1.165) is 22.5 Å². The van der Waals surface area contributed by atoms with Crippen molar-refractivity contribution >= 4 is 11.6 Å². The van der Waals surface area contributed by atoms with E-state index in [9.17, 15) is 4.79 Å². The molecular weight excluding hydrogens is 316 g/mol. The third kappa shape index (κ3) is 3.59. The Morgan fingerprint density at radius 2 is 1.96 bits per heavy atom. The molecule has 1 heterocycles. The van der Waals surface area contributed by atoms with Crippen LogP contribution < -0.4 is 5.32 Å². The summed E-state index contributed by atoms with van der Waals surface area (Å²) in [4.78, 5) is 12.7. The van der Waals surface area contributed by atoms with Gasteiger partial charge in [-0.05, 0) is 43.2 Å². The first-order valence-electron chi connectivity index (χ1n) is 7.97. The lowest BCUT2D eigenvalue weighted by Gasteiger charge is -2.09. The maximum absolute atomic E-state index is 12.7. The van der Waals surface area contributed by atoms with Gasteiger partial charge in [0, 0.05) is 12.8 Å². The second kappa shape index (κ2) is 7.27. The number of hydrogen-bond donors (Lipinski definition) is 1. The van der Waals surface area contributed by atoms with Crippen LogP contribution in [0.15, 0.2) is 48.5 Å². The van der Waals surface area contributed by atoms with Crippen molar-refractivity contribution in [3.63, 3.8) is 0 Å². The number of methoxy groups -OCH3 is 1. The van der Waals surface area contributed by atoms with E-state index in [2.05, 4.69) is 15.6 Å². The van der Waals surface area contributed by atoms with Crippen LogP contribution in [0.1, 0.15) is 27.3 Å². The number of amides is 1. The van der Waals surface area contributed by atoms with E-state index >= 15 is 0 Å². The van der Waals surface area contributed by atoms with E-state index in [1.807, 2.05) is 62.4 Å². The first-order valence-corrected chi connectivity index (χ1v) is 7.97. The molecule has 3 aromatic rings. The molecule has 2 aromatic carbocycles. The van der Waals surface area contributed by atoms with Crippen LogP contribution in [0.4, 0.5) is 5.69 Å². The number of para-hydroxylation sites is 1. The van der Waals surface area contributed by atoms with Crippen LogP contribution in [0.25, 0.3) is 5.69 Å². The number of anilines is 1. The van der Waals surface area contributed by atoms with Crippen LogP contribution in [-0.4, -0.2) is 28.0 Å². The summed E-state index contributed by atoms with van der Waals surface area (Å²) in [6, 6.07) is 15.4. The molecule has 6 nitrogen and oxygen atoms in total. The van der Waals surface area contributed by atoms with Crippen molar-refractivity contribution in [2.24, 2.45) is 0 Å². The maximum Gasteiger partial charge on any atom is 0.278 e. The lowest BCUT2D eigenvalue weighted by Crippen LogP contribution is -2.16. The van der Waals surface area contributed by atoms with Gasteiger partial charge >= 0.3 is 0 Å². The molecule has 0 unspecified atom stereocenters. The summed E-state index contributed by atoms with van der Waals surface area (Å²) in [6.07, 6.45) is 0. The quantitative estimate of drug-likeness (QED) is 0.776. The van der Waals surface area contributed by atoms with Gasteiger partial charge in [0.1, 0.15) is 5.69 Å². The Balaban J connectivity index is 1.96. The SMILES string of the molecule is COCc1c(C(=O)Nc2ccccc2C)nnn1-c1cccc(C)c1. The molecule has 0 bridgehead atoms. The molecule has 0 aliphatic rings. The number of carbonyl (C=O) groups excluding carboxylic acids is 1. The number of carbonyl (C=O) groups is 1. The molecule has 0 aliphatic carbocycles. The minimum Gasteiger partial charge on any atom is -0.378 e. The van der Waals surface area contributed by atoms with Crippen LogP contribution in [0.2, 0.25) is 0 Å². The number of rotatable bonds is 5. The Labute approximate surface area is 146 Å². The molecule has 1 N–H and O–H groups in total. The predicted octanol–water partition coefficient (Wildman–Crippen LogP) is 3.28. The monoisotopic (exact) mass is 336 g/mol. The number of nitrogens with one attached hydrogen (secondary N) is 1. The van der Waals surface area contributed by atoms with Crippen LogP contribution >= 0.6 is 0 Å². The number of ether oxygens (including phenoxy) is 1. The average Bonchev–Trinajstić information content (AvgIpc) is 3.01. The number of aryl methyl sites for hydroxylation is 2. The Hall–Kier alpha value is -2.99. The lowest BCUT2D eigenvalue weighted by atomic mass is 10.2. The first-order chi connectivity index (χ1) is 12.1. The summed E-state index contributed by atoms with van der Waals surface area (Å²) in [6.45, 7) is 4.18. The van der Waals surface area contributed by atoms with Crippen molar-refractivity contribution in [2.75, 3.05) is 12.4 Å². The minimum absolute atomic E-state index is 0.234. The Morgan fingerprint density at radius 3 is 2.68 bits per heavy atom. The van der Waals surface area contributed by atoms with Crippen molar-refractivity contribution < 1.29 is 9.53 Å². The molecule has 3 rings (SSSR count). The molecule has 0 atom stereocenters. The average molecular weight is 336 g/mol. The van der Waals surface area contributed by atoms with E-state index in [1.54, 1.807) is 11.8 Å². The second-order valence-corrected chi connectivity index (χ2v) is 5.84. The largest absolute Gasteiger partial charge is 0.378 e. The topological polar surface area (TPSA) is 69.0 Å². The van der Waals surface area contributed by atoms with Gasteiger partial charge in [-0.15, -0.1) is 5.10 Å². The Morgan fingerprint density at radius 1 is 1.16 bits per heavy atom. The highest BCUT2D eigenvalue weighted by atomic mass is 16.5. The normalized spacial score (nSPS) is 10.7. The summed E-state index contributed by atoms with van der Waals surface area (Å²) >= 11 is 0. The number of aromatic nitrogens is 3. The third-order valence-corrected chi connectivity index (χ3v) is 3.90. The Bertz CT molecular complexity index is 902. The van der Waals surface area contributed by atoms with Gasteiger partial charge in [0.15, 0.2) is 5.69 Å². The number of nitrogens with zero attached hydrogens (tertiary/aromatic N) is 3. The molecule has 1 amide bonds. The van der Waals surface area contributed by atoms with Gasteiger partial charge in [-0.25, -0.2) is 4.68 Å². The summed E-state index contributed by atoms with van der Waals surface area (Å²) in [5.74, 6) is -0.305. The standard InChI is InChI=1S/C19H20N4O2/c1-13-7-6-9-15(11-13)23-17(12-25-3)18(21-22-23)19(24)20-16-10-5-4-8-14(16)2/h4-11H,12H2,1-3H3,(H,20,24). The van der Waals surface area contributed by atoms with Gasteiger partial charge in [-0.2, -0.15) is 0 Å². The van der Waals surface area contributed by atoms with Crippen molar-refractivity contribution in [3.05, 3.63) is 71.0 Å². The summed E-state index contributed by atoms with van der Waals surface area (Å²) < 4.78 is 6.90. The highest BCUT2D eigenvalue weighted by molar-refractivity contribution is 6.04. The molecule has 128 valence electrons. The summed E-state index contributed by atoms with van der Waals surface area (Å²) in [5, 5.41) is 11.1. The second-order valence-electron chi connectivity index (χ2n) is 5.84. The highest BCUT2D eigenvalue weighted by Gasteiger charge is 2.21. The predicted molar refractivity (Wildman–Crippen MR) is 95.9 cm³/mol. The first kappa shape index (κ1) is 16.9. The van der Waals surface area contributed by atoms with Crippen LogP contribution in [0.3, 0.4) is 0 Å². The zero-order chi connectivity index (χ0) is 17.8. The molecular formula is C19H20N4O2. The molecule has 0 saturated carbocycles. The van der Waals surface area contributed by atoms with Gasteiger partial charge in [0.2, 0.25) is 0 Å². The van der Waals surface area contributed by atoms with Crippen LogP contribution in [-0.2, 0) is 11.3 Å². The lowest BCUT2D eigenvalue weighted by molar-refractivity contribution is 0.101. The van der Waals surface area contributed by atoms with Crippen molar-refractivity contribution in [3.8, 4) is 5.69 Å². The van der Waals surface area contributed by atoms with E-state index < -0.39 is 0 Å². The molecule has 0 fully saturated rings. The summed E-state index contributed by atoms with van der Waals surface area (Å²) in [5.41, 5.74) is 4.54. The number of benzene rings is 2. The van der Waals surface area contributed by atoms with Gasteiger partial charge in [-0.3, -0.25) is 4.79 Å². The van der Waals surface area contributed by atoms with Crippen LogP contribution in [0.5, 0.6) is 0 Å². The van der Waals surface area contributed by atoms with Crippen molar-refractivity contribution in [1.29, 1.82) is 0 Å². The fourth-order valence-electron chi connectivity index (χ4n) is 2.61. The van der Waals surface area contributed by atoms with Gasteiger partial charge < -0.3 is 10.1 Å². The van der Waals surface area contributed by atoms with Gasteiger partial charge in [0.05, 0.1) is 12.3 Å². The van der Waals surface area contributed by atoms with E-state index in [4.69, 9.17) is 4.74 Å². The minimum atomic E-state index is -0.305. The van der Waals surface area contributed by atoms with E-state index in [-0.39, 0.29) is 18.2 Å².